The SMILES string of the molecule is COC(=O)NC(C(=O)N1CCCC1C1=NC(C)C(c2ccc(-c3ccc4cc(-c5cnc(C6CCCN6C(=O)C(NC(=O)OC)C(C)C)[nH]5)ccc4c3)cc2)[NH2+]1)c1ccccc1C. The predicted molar refractivity (Wildman–Crippen MR) is 241 cm³/mol. The van der Waals surface area contributed by atoms with Crippen LogP contribution >= 0.6 is 0 Å². The van der Waals surface area contributed by atoms with Crippen LogP contribution in [0.15, 0.2) is 96.1 Å². The number of H-pyrrole nitrogens is 1. The van der Waals surface area contributed by atoms with Gasteiger partial charge < -0.3 is 34.9 Å². The molecule has 4 aromatic carbocycles. The highest BCUT2D eigenvalue weighted by Crippen LogP contribution is 2.35. The standard InChI is InChI=1S/C49H56N8O6/c1-28(2)41(54-48(60)62-5)46(58)56-23-9-13-39(56)44-50-27-38(52-44)36-22-21-34-25-33(19-20-35(34)26-36)31-15-17-32(18-16-31)42-30(4)51-45(53-42)40-14-10-24-57(40)47(59)43(55-49(61)63-6)37-12-8-7-11-29(37)3/h7-8,11-12,15-22,25-28,30,39-43H,9-10,13-14,23-24H2,1-6H3,(H,50,52)(H,51,53)(H,54,60)(H,55,61)/p+1. The molecule has 0 radical (unpaired) electrons. The predicted octanol–water partition coefficient (Wildman–Crippen LogP) is 6.74. The van der Waals surface area contributed by atoms with Gasteiger partial charge in [0.1, 0.15) is 36.0 Å². The molecule has 4 heterocycles. The molecule has 3 aliphatic heterocycles. The Morgan fingerprint density at radius 1 is 0.778 bits per heavy atom. The first-order valence-corrected chi connectivity index (χ1v) is 21.9. The summed E-state index contributed by atoms with van der Waals surface area (Å²) < 4.78 is 9.68. The van der Waals surface area contributed by atoms with Gasteiger partial charge in [-0.3, -0.25) is 14.9 Å². The summed E-state index contributed by atoms with van der Waals surface area (Å²) in [5.74, 6) is 1.25. The molecule has 2 fully saturated rings. The van der Waals surface area contributed by atoms with Crippen LogP contribution in [0.25, 0.3) is 33.2 Å². The highest BCUT2D eigenvalue weighted by atomic mass is 16.5. The Morgan fingerprint density at radius 3 is 2.08 bits per heavy atom. The number of hydrogen-bond donors (Lipinski definition) is 4. The minimum Gasteiger partial charge on any atom is -0.453 e. The zero-order chi connectivity index (χ0) is 44.4. The number of imidazole rings is 1. The summed E-state index contributed by atoms with van der Waals surface area (Å²) in [5, 5.41) is 9.93. The molecule has 3 aliphatic rings. The van der Waals surface area contributed by atoms with Crippen LogP contribution in [-0.4, -0.2) is 95.0 Å². The number of methoxy groups -OCH3 is 2. The molecule has 328 valence electrons. The van der Waals surface area contributed by atoms with E-state index in [0.717, 1.165) is 87.2 Å². The average Bonchev–Trinajstić information content (AvgIpc) is 4.14. The summed E-state index contributed by atoms with van der Waals surface area (Å²) in [5.41, 5.74) is 6.93. The smallest absolute Gasteiger partial charge is 0.407 e. The number of amidine groups is 1. The van der Waals surface area contributed by atoms with Crippen molar-refractivity contribution < 1.29 is 34.0 Å². The van der Waals surface area contributed by atoms with Crippen LogP contribution in [0.2, 0.25) is 0 Å². The van der Waals surface area contributed by atoms with Crippen LogP contribution in [0.4, 0.5) is 9.59 Å². The van der Waals surface area contributed by atoms with Gasteiger partial charge in [0.15, 0.2) is 0 Å². The van der Waals surface area contributed by atoms with Crippen LogP contribution in [-0.2, 0) is 19.1 Å². The third-order valence-electron chi connectivity index (χ3n) is 12.9. The van der Waals surface area contributed by atoms with Crippen LogP contribution in [0.3, 0.4) is 0 Å². The highest BCUT2D eigenvalue weighted by molar-refractivity contribution is 5.93. The first-order chi connectivity index (χ1) is 30.4. The number of nitrogens with zero attached hydrogens (tertiary/aromatic N) is 4. The molecule has 6 unspecified atom stereocenters. The number of aromatic amines is 1. The molecular weight excluding hydrogens is 797 g/mol. The van der Waals surface area contributed by atoms with Gasteiger partial charge in [0, 0.05) is 24.2 Å². The fourth-order valence-corrected chi connectivity index (χ4v) is 9.45. The summed E-state index contributed by atoms with van der Waals surface area (Å²) in [6, 6.07) is 27.3. The molecule has 1 aromatic heterocycles. The molecule has 0 saturated carbocycles. The number of fused-ring (bicyclic) bond motifs is 1. The van der Waals surface area contributed by atoms with Gasteiger partial charge in [-0.15, -0.1) is 0 Å². The quantitative estimate of drug-likeness (QED) is 0.114. The summed E-state index contributed by atoms with van der Waals surface area (Å²) in [7, 11) is 2.60. The van der Waals surface area contributed by atoms with Gasteiger partial charge in [0.05, 0.1) is 32.2 Å². The van der Waals surface area contributed by atoms with Gasteiger partial charge in [0.2, 0.25) is 11.7 Å². The fourth-order valence-electron chi connectivity index (χ4n) is 9.45. The minimum atomic E-state index is -0.861. The van der Waals surface area contributed by atoms with Crippen LogP contribution in [0.1, 0.15) is 87.1 Å². The molecular formula is C49H57N8O6+. The lowest BCUT2D eigenvalue weighted by molar-refractivity contribution is -0.583. The van der Waals surface area contributed by atoms with Crippen molar-refractivity contribution in [3.05, 3.63) is 114 Å². The van der Waals surface area contributed by atoms with Crippen molar-refractivity contribution >= 4 is 40.6 Å². The number of aryl methyl sites for hydroxylation is 1. The van der Waals surface area contributed by atoms with E-state index in [2.05, 4.69) is 88.5 Å². The lowest BCUT2D eigenvalue weighted by Crippen LogP contribution is -2.90. The molecule has 4 amide bonds. The Bertz CT molecular complexity index is 2530. The van der Waals surface area contributed by atoms with Crippen molar-refractivity contribution in [1.29, 1.82) is 0 Å². The van der Waals surface area contributed by atoms with E-state index in [1.165, 1.54) is 14.2 Å². The zero-order valence-corrected chi connectivity index (χ0v) is 36.8. The van der Waals surface area contributed by atoms with E-state index >= 15 is 0 Å². The maximum Gasteiger partial charge on any atom is 0.407 e. The summed E-state index contributed by atoms with van der Waals surface area (Å²) in [6.45, 7) is 9.06. The number of nitrogens with two attached hydrogens (primary N) is 1. The molecule has 14 heteroatoms. The first-order valence-electron chi connectivity index (χ1n) is 21.9. The molecule has 2 saturated heterocycles. The van der Waals surface area contributed by atoms with Crippen molar-refractivity contribution in [2.24, 2.45) is 10.9 Å². The Labute approximate surface area is 367 Å². The van der Waals surface area contributed by atoms with Crippen molar-refractivity contribution in [3.63, 3.8) is 0 Å². The van der Waals surface area contributed by atoms with Gasteiger partial charge in [-0.1, -0.05) is 86.6 Å². The molecule has 6 atom stereocenters. The lowest BCUT2D eigenvalue weighted by atomic mass is 9.96. The maximum atomic E-state index is 14.2. The van der Waals surface area contributed by atoms with Crippen molar-refractivity contribution in [2.45, 2.75) is 89.6 Å². The van der Waals surface area contributed by atoms with Gasteiger partial charge >= 0.3 is 12.2 Å². The number of hydrogen-bond acceptors (Lipinski definition) is 8. The number of carbonyl (C=O) groups is 4. The minimum absolute atomic E-state index is 0.0109. The van der Waals surface area contributed by atoms with Crippen LogP contribution in [0.5, 0.6) is 0 Å². The van der Waals surface area contributed by atoms with E-state index in [4.69, 9.17) is 19.5 Å². The largest absolute Gasteiger partial charge is 0.453 e. The normalized spacial score (nSPS) is 20.7. The van der Waals surface area contributed by atoms with Gasteiger partial charge in [0.25, 0.3) is 5.91 Å². The van der Waals surface area contributed by atoms with Crippen molar-refractivity contribution in [3.8, 4) is 22.4 Å². The number of carbonyl (C=O) groups excluding carboxylic acids is 4. The summed E-state index contributed by atoms with van der Waals surface area (Å²) in [4.78, 5) is 69.2. The Balaban J connectivity index is 0.930. The fraction of sp³-hybridized carbons (Fsp3) is 0.388. The number of aromatic nitrogens is 2. The Kier molecular flexibility index (Phi) is 12.6. The number of benzene rings is 4. The summed E-state index contributed by atoms with van der Waals surface area (Å²) in [6.07, 6.45) is 3.85. The van der Waals surface area contributed by atoms with Gasteiger partial charge in [-0.05, 0) is 90.6 Å². The van der Waals surface area contributed by atoms with Gasteiger partial charge in [-0.2, -0.15) is 0 Å². The van der Waals surface area contributed by atoms with E-state index < -0.39 is 24.3 Å². The number of rotatable bonds is 11. The lowest BCUT2D eigenvalue weighted by Gasteiger charge is -2.30. The Morgan fingerprint density at radius 2 is 1.40 bits per heavy atom. The molecule has 0 spiro atoms. The third-order valence-corrected chi connectivity index (χ3v) is 12.9. The number of quaternary nitrogens is 1. The van der Waals surface area contributed by atoms with E-state index in [-0.39, 0.29) is 41.9 Å². The third kappa shape index (κ3) is 8.90. The topological polar surface area (TPSA) is 175 Å². The monoisotopic (exact) mass is 853 g/mol. The average molecular weight is 854 g/mol. The molecule has 5 N–H and O–H groups in total. The van der Waals surface area contributed by atoms with E-state index in [9.17, 15) is 19.2 Å². The molecule has 0 aliphatic carbocycles. The van der Waals surface area contributed by atoms with Crippen LogP contribution in [0, 0.1) is 12.8 Å². The molecule has 5 aromatic rings. The van der Waals surface area contributed by atoms with Crippen LogP contribution < -0.4 is 16.0 Å². The number of alkyl carbamates (subject to hydrolysis) is 2. The highest BCUT2D eigenvalue weighted by Gasteiger charge is 2.44. The number of nitrogens with one attached hydrogen (secondary N) is 3. The van der Waals surface area contributed by atoms with Crippen molar-refractivity contribution in [2.75, 3.05) is 27.3 Å². The number of likely N-dealkylation sites (tertiary alicyclic amines) is 2. The number of ether oxygens (including phenoxy) is 2. The molecule has 14 nitrogen and oxygen atoms in total. The summed E-state index contributed by atoms with van der Waals surface area (Å²) >= 11 is 0. The second-order valence-corrected chi connectivity index (χ2v) is 17.2. The van der Waals surface area contributed by atoms with E-state index in [0.29, 0.717) is 13.1 Å². The first kappa shape index (κ1) is 43.1. The second-order valence-electron chi connectivity index (χ2n) is 17.2. The number of amides is 4. The molecule has 63 heavy (non-hydrogen) atoms. The second kappa shape index (κ2) is 18.4. The maximum absolute atomic E-state index is 14.2. The van der Waals surface area contributed by atoms with Crippen molar-refractivity contribution in [1.82, 2.24) is 30.4 Å². The Hall–Kier alpha value is -6.54. The van der Waals surface area contributed by atoms with E-state index in [1.807, 2.05) is 61.0 Å². The molecule has 8 rings (SSSR count). The zero-order valence-electron chi connectivity index (χ0n) is 36.8. The van der Waals surface area contributed by atoms with E-state index in [1.54, 1.807) is 0 Å². The van der Waals surface area contributed by atoms with Gasteiger partial charge in [-0.25, -0.2) is 19.6 Å². The number of aliphatic imine (C=N–C) groups is 1. The molecule has 0 bridgehead atoms.